The Kier molecular flexibility index (Phi) is 5.70. The number of aromatic nitrogens is 2. The Balaban J connectivity index is 1.54. The van der Waals surface area contributed by atoms with Crippen molar-refractivity contribution in [3.05, 3.63) is 77.6 Å². The molecule has 1 unspecified atom stereocenters. The Morgan fingerprint density at radius 2 is 2.07 bits per heavy atom. The molecule has 1 fully saturated rings. The van der Waals surface area contributed by atoms with Gasteiger partial charge in [0, 0.05) is 36.7 Å². The van der Waals surface area contributed by atoms with Gasteiger partial charge < -0.3 is 19.5 Å². The maximum Gasteiger partial charge on any atom is 0.322 e. The van der Waals surface area contributed by atoms with Gasteiger partial charge in [-0.05, 0) is 49.6 Å². The second kappa shape index (κ2) is 8.57. The van der Waals surface area contributed by atoms with Crippen molar-refractivity contribution >= 4 is 11.7 Å². The molecule has 1 saturated heterocycles. The molecule has 1 aromatic heterocycles. The number of methoxy groups -OCH3 is 1. The molecular weight excluding hydrogens is 383 g/mol. The third-order valence-electron chi connectivity index (χ3n) is 5.47. The Bertz CT molecular complexity index is 1030. The molecule has 156 valence electrons. The molecule has 7 heteroatoms. The number of nitrogens with zero attached hydrogens (tertiary/aromatic N) is 3. The van der Waals surface area contributed by atoms with E-state index in [0.29, 0.717) is 24.5 Å². The van der Waals surface area contributed by atoms with Gasteiger partial charge in [0.15, 0.2) is 0 Å². The van der Waals surface area contributed by atoms with Crippen LogP contribution in [0.4, 0.5) is 14.9 Å². The molecule has 0 spiro atoms. The van der Waals surface area contributed by atoms with Crippen molar-refractivity contribution in [2.75, 3.05) is 19.0 Å². The van der Waals surface area contributed by atoms with Crippen LogP contribution in [0.2, 0.25) is 0 Å². The summed E-state index contributed by atoms with van der Waals surface area (Å²) in [6, 6.07) is 13.5. The third kappa shape index (κ3) is 4.15. The molecule has 4 rings (SSSR count). The first kappa shape index (κ1) is 19.9. The van der Waals surface area contributed by atoms with Crippen LogP contribution in [-0.4, -0.2) is 34.1 Å². The molecule has 3 aromatic rings. The van der Waals surface area contributed by atoms with Gasteiger partial charge in [-0.1, -0.05) is 18.2 Å². The zero-order chi connectivity index (χ0) is 21.1. The second-order valence-corrected chi connectivity index (χ2v) is 7.48. The Morgan fingerprint density at radius 1 is 1.27 bits per heavy atom. The lowest BCUT2D eigenvalue weighted by molar-refractivity contribution is 0.204. The molecular formula is C23H25FN4O2. The smallest absolute Gasteiger partial charge is 0.322 e. The molecule has 0 saturated carbocycles. The number of hydrogen-bond donors (Lipinski definition) is 1. The molecule has 2 amide bonds. The lowest BCUT2D eigenvalue weighted by Gasteiger charge is -2.26. The number of amides is 2. The van der Waals surface area contributed by atoms with Crippen LogP contribution in [0.25, 0.3) is 0 Å². The van der Waals surface area contributed by atoms with E-state index in [9.17, 15) is 9.18 Å². The van der Waals surface area contributed by atoms with Gasteiger partial charge in [-0.2, -0.15) is 0 Å². The summed E-state index contributed by atoms with van der Waals surface area (Å²) in [7, 11) is 1.60. The first-order valence-corrected chi connectivity index (χ1v) is 10.0. The van der Waals surface area contributed by atoms with Crippen LogP contribution in [0.15, 0.2) is 54.7 Å². The molecule has 0 bridgehead atoms. The number of imidazole rings is 1. The molecule has 2 aromatic carbocycles. The van der Waals surface area contributed by atoms with Crippen LogP contribution in [0.1, 0.15) is 36.0 Å². The summed E-state index contributed by atoms with van der Waals surface area (Å²) in [6.45, 7) is 3.25. The molecule has 2 heterocycles. The van der Waals surface area contributed by atoms with E-state index in [-0.39, 0.29) is 17.9 Å². The molecule has 1 N–H and O–H groups in total. The predicted molar refractivity (Wildman–Crippen MR) is 113 cm³/mol. The van der Waals surface area contributed by atoms with E-state index in [1.54, 1.807) is 25.3 Å². The predicted octanol–water partition coefficient (Wildman–Crippen LogP) is 4.76. The maximum atomic E-state index is 13.3. The van der Waals surface area contributed by atoms with Crippen molar-refractivity contribution in [3.63, 3.8) is 0 Å². The molecule has 1 aliphatic rings. The van der Waals surface area contributed by atoms with Crippen molar-refractivity contribution in [1.29, 1.82) is 0 Å². The lowest BCUT2D eigenvalue weighted by atomic mass is 10.2. The zero-order valence-corrected chi connectivity index (χ0v) is 17.1. The van der Waals surface area contributed by atoms with E-state index in [0.717, 1.165) is 29.9 Å². The van der Waals surface area contributed by atoms with Crippen molar-refractivity contribution in [2.45, 2.75) is 32.4 Å². The molecule has 6 nitrogen and oxygen atoms in total. The fraction of sp³-hybridized carbons (Fsp3) is 0.304. The number of ether oxygens (including phenoxy) is 1. The summed E-state index contributed by atoms with van der Waals surface area (Å²) < 4.78 is 20.6. The Morgan fingerprint density at radius 3 is 2.83 bits per heavy atom. The number of aryl methyl sites for hydroxylation is 1. The van der Waals surface area contributed by atoms with E-state index in [1.807, 2.05) is 36.2 Å². The zero-order valence-electron chi connectivity index (χ0n) is 17.1. The van der Waals surface area contributed by atoms with Crippen LogP contribution >= 0.6 is 0 Å². The van der Waals surface area contributed by atoms with E-state index >= 15 is 0 Å². The number of urea groups is 1. The minimum absolute atomic E-state index is 0.107. The largest absolute Gasteiger partial charge is 0.497 e. The molecule has 0 aliphatic carbocycles. The highest BCUT2D eigenvalue weighted by Crippen LogP contribution is 2.33. The SMILES string of the molecule is COc1cccc(NC(=O)N2CCCC2c2ncc(C)n2Cc2ccc(F)cc2)c1. The quantitative estimate of drug-likeness (QED) is 0.662. The van der Waals surface area contributed by atoms with Gasteiger partial charge in [-0.3, -0.25) is 0 Å². The highest BCUT2D eigenvalue weighted by molar-refractivity contribution is 5.90. The molecule has 1 atom stereocenters. The number of carbonyl (C=O) groups is 1. The normalized spacial score (nSPS) is 16.0. The van der Waals surface area contributed by atoms with Gasteiger partial charge in [-0.25, -0.2) is 14.2 Å². The first-order valence-electron chi connectivity index (χ1n) is 10.0. The van der Waals surface area contributed by atoms with Crippen molar-refractivity contribution < 1.29 is 13.9 Å². The number of rotatable bonds is 5. The summed E-state index contributed by atoms with van der Waals surface area (Å²) in [5.74, 6) is 1.30. The lowest BCUT2D eigenvalue weighted by Crippen LogP contribution is -2.35. The van der Waals surface area contributed by atoms with Gasteiger partial charge in [0.2, 0.25) is 0 Å². The Labute approximate surface area is 175 Å². The topological polar surface area (TPSA) is 59.4 Å². The number of likely N-dealkylation sites (tertiary alicyclic amines) is 1. The number of anilines is 1. The van der Waals surface area contributed by atoms with Crippen molar-refractivity contribution in [3.8, 4) is 5.75 Å². The van der Waals surface area contributed by atoms with Crippen LogP contribution in [0, 0.1) is 12.7 Å². The average molecular weight is 408 g/mol. The van der Waals surface area contributed by atoms with E-state index in [2.05, 4.69) is 14.9 Å². The van der Waals surface area contributed by atoms with Gasteiger partial charge >= 0.3 is 6.03 Å². The van der Waals surface area contributed by atoms with Crippen LogP contribution in [-0.2, 0) is 6.54 Å². The summed E-state index contributed by atoms with van der Waals surface area (Å²) >= 11 is 0. The number of benzene rings is 2. The minimum atomic E-state index is -0.252. The van der Waals surface area contributed by atoms with Gasteiger partial charge in [-0.15, -0.1) is 0 Å². The summed E-state index contributed by atoms with van der Waals surface area (Å²) in [4.78, 5) is 19.5. The van der Waals surface area contributed by atoms with Crippen LogP contribution in [0.5, 0.6) is 5.75 Å². The first-order chi connectivity index (χ1) is 14.5. The van der Waals surface area contributed by atoms with Crippen molar-refractivity contribution in [1.82, 2.24) is 14.5 Å². The maximum absolute atomic E-state index is 13.3. The third-order valence-corrected chi connectivity index (χ3v) is 5.47. The van der Waals surface area contributed by atoms with E-state index < -0.39 is 0 Å². The number of carbonyl (C=O) groups excluding carboxylic acids is 1. The summed E-state index contributed by atoms with van der Waals surface area (Å²) in [6.07, 6.45) is 3.60. The average Bonchev–Trinajstić information content (AvgIpc) is 3.37. The van der Waals surface area contributed by atoms with E-state index in [4.69, 9.17) is 4.74 Å². The minimum Gasteiger partial charge on any atom is -0.497 e. The van der Waals surface area contributed by atoms with Crippen LogP contribution < -0.4 is 10.1 Å². The number of nitrogens with one attached hydrogen (secondary N) is 1. The fourth-order valence-corrected chi connectivity index (χ4v) is 3.90. The van der Waals surface area contributed by atoms with Gasteiger partial charge in [0.05, 0.1) is 13.2 Å². The molecule has 1 aliphatic heterocycles. The van der Waals surface area contributed by atoms with Gasteiger partial charge in [0.1, 0.15) is 17.4 Å². The van der Waals surface area contributed by atoms with Crippen LogP contribution in [0.3, 0.4) is 0 Å². The van der Waals surface area contributed by atoms with Crippen molar-refractivity contribution in [2.24, 2.45) is 0 Å². The summed E-state index contributed by atoms with van der Waals surface area (Å²) in [5, 5.41) is 2.97. The highest BCUT2D eigenvalue weighted by atomic mass is 19.1. The number of hydrogen-bond acceptors (Lipinski definition) is 3. The Hall–Kier alpha value is -3.35. The standard InChI is InChI=1S/C23H25FN4O2/c1-16-14-25-22(28(16)15-17-8-10-18(24)11-9-17)21-7-4-12-27(21)23(29)26-19-5-3-6-20(13-19)30-2/h3,5-6,8-11,13-14,21H,4,7,12,15H2,1-2H3,(H,26,29). The molecule has 0 radical (unpaired) electrons. The van der Waals surface area contributed by atoms with E-state index in [1.165, 1.54) is 12.1 Å². The van der Waals surface area contributed by atoms with Gasteiger partial charge in [0.25, 0.3) is 0 Å². The number of halogens is 1. The second-order valence-electron chi connectivity index (χ2n) is 7.48. The fourth-order valence-electron chi connectivity index (χ4n) is 3.90. The highest BCUT2D eigenvalue weighted by Gasteiger charge is 2.33. The summed E-state index contributed by atoms with van der Waals surface area (Å²) in [5.41, 5.74) is 2.69. The monoisotopic (exact) mass is 408 g/mol. The molecule has 30 heavy (non-hydrogen) atoms.